The Morgan fingerprint density at radius 2 is 1.92 bits per heavy atom. The molecule has 0 atom stereocenters. The van der Waals surface area contributed by atoms with Crippen LogP contribution in [0.15, 0.2) is 52.2 Å². The van der Waals surface area contributed by atoms with Gasteiger partial charge < -0.3 is 0 Å². The van der Waals surface area contributed by atoms with Crippen molar-refractivity contribution in [1.29, 1.82) is 0 Å². The van der Waals surface area contributed by atoms with Gasteiger partial charge in [-0.3, -0.25) is 0 Å². The van der Waals surface area contributed by atoms with E-state index in [1.807, 2.05) is 23.1 Å². The van der Waals surface area contributed by atoms with Gasteiger partial charge in [-0.1, -0.05) is 0 Å². The molecule has 4 aromatic rings. The summed E-state index contributed by atoms with van der Waals surface area (Å²) in [6.45, 7) is 0. The first-order valence-electron chi connectivity index (χ1n) is 7.23. The molecule has 0 radical (unpaired) electrons. The van der Waals surface area contributed by atoms with Crippen molar-refractivity contribution in [2.24, 2.45) is 0 Å². The summed E-state index contributed by atoms with van der Waals surface area (Å²) in [5.74, 6) is 0.0783. The predicted molar refractivity (Wildman–Crippen MR) is 103 cm³/mol. The van der Waals surface area contributed by atoms with E-state index in [0.717, 1.165) is 14.8 Å². The molecule has 25 heavy (non-hydrogen) atoms. The number of hydrogen-bond donors (Lipinski definition) is 0. The fraction of sp³-hybridized carbons (Fsp3) is 0. The van der Waals surface area contributed by atoms with E-state index in [9.17, 15) is 9.59 Å². The summed E-state index contributed by atoms with van der Waals surface area (Å²) in [5.41, 5.74) is 2.60. The Hall–Kier alpha value is -2.16. The Morgan fingerprint density at radius 1 is 1.12 bits per heavy atom. The zero-order valence-electron chi connectivity index (χ0n) is 12.6. The standard InChI is InChI=1S/C17H9IN4O2Se/c18-11-3-6-14-13(7-11)17(24)22(16(8-23)19-14)12-4-1-10(2-5-12)15-9-25-21-20-15/h1-9H. The zero-order chi connectivity index (χ0) is 17.4. The molecule has 0 N–H and O–H groups in total. The van der Waals surface area contributed by atoms with Gasteiger partial charge in [0, 0.05) is 0 Å². The average molecular weight is 507 g/mol. The summed E-state index contributed by atoms with van der Waals surface area (Å²) in [6, 6.07) is 12.7. The first kappa shape index (κ1) is 16.3. The van der Waals surface area contributed by atoms with Gasteiger partial charge in [0.1, 0.15) is 0 Å². The minimum atomic E-state index is -0.263. The van der Waals surface area contributed by atoms with Gasteiger partial charge in [0.2, 0.25) is 0 Å². The Morgan fingerprint density at radius 3 is 2.60 bits per heavy atom. The van der Waals surface area contributed by atoms with Crippen molar-refractivity contribution in [1.82, 2.24) is 18.7 Å². The van der Waals surface area contributed by atoms with Crippen LogP contribution in [0.25, 0.3) is 27.8 Å². The Bertz CT molecular complexity index is 1140. The van der Waals surface area contributed by atoms with Gasteiger partial charge in [-0.15, -0.1) is 0 Å². The van der Waals surface area contributed by atoms with Crippen LogP contribution in [-0.4, -0.2) is 39.8 Å². The summed E-state index contributed by atoms with van der Waals surface area (Å²) in [4.78, 5) is 30.7. The third-order valence-electron chi connectivity index (χ3n) is 3.74. The number of carbonyl (C=O) groups excluding carboxylic acids is 1. The molecule has 0 fully saturated rings. The van der Waals surface area contributed by atoms with E-state index in [4.69, 9.17) is 0 Å². The number of halogens is 1. The van der Waals surface area contributed by atoms with Crippen LogP contribution >= 0.6 is 22.6 Å². The van der Waals surface area contributed by atoms with Crippen LogP contribution < -0.4 is 5.56 Å². The van der Waals surface area contributed by atoms with Gasteiger partial charge in [-0.05, 0) is 0 Å². The van der Waals surface area contributed by atoms with Crippen molar-refractivity contribution in [3.8, 4) is 16.9 Å². The topological polar surface area (TPSA) is 77.7 Å². The van der Waals surface area contributed by atoms with Gasteiger partial charge in [0.25, 0.3) is 0 Å². The summed E-state index contributed by atoms with van der Waals surface area (Å²) >= 11 is 2.21. The summed E-state index contributed by atoms with van der Waals surface area (Å²) in [7, 11) is 0. The van der Waals surface area contributed by atoms with Crippen LogP contribution in [0.5, 0.6) is 0 Å². The molecule has 0 aliphatic heterocycles. The fourth-order valence-electron chi connectivity index (χ4n) is 2.58. The van der Waals surface area contributed by atoms with Crippen molar-refractivity contribution in [2.45, 2.75) is 0 Å². The molecule has 0 spiro atoms. The van der Waals surface area contributed by atoms with Gasteiger partial charge in [0.15, 0.2) is 0 Å². The van der Waals surface area contributed by atoms with Crippen molar-refractivity contribution < 1.29 is 4.79 Å². The molecule has 2 aromatic heterocycles. The van der Waals surface area contributed by atoms with Gasteiger partial charge >= 0.3 is 162 Å². The Labute approximate surface area is 161 Å². The van der Waals surface area contributed by atoms with Crippen molar-refractivity contribution >= 4 is 54.5 Å². The molecule has 8 heteroatoms. The minimum absolute atomic E-state index is 0.0645. The molecule has 0 aliphatic carbocycles. The number of aromatic nitrogens is 4. The molecule has 2 aromatic carbocycles. The number of fused-ring (bicyclic) bond motifs is 1. The van der Waals surface area contributed by atoms with Crippen LogP contribution in [0.2, 0.25) is 0 Å². The predicted octanol–water partition coefficient (Wildman–Crippen LogP) is 2.32. The van der Waals surface area contributed by atoms with E-state index >= 15 is 0 Å². The fourth-order valence-corrected chi connectivity index (χ4v) is 4.04. The monoisotopic (exact) mass is 508 g/mol. The van der Waals surface area contributed by atoms with E-state index in [0.29, 0.717) is 22.9 Å². The number of carbonyl (C=O) groups is 1. The van der Waals surface area contributed by atoms with E-state index in [-0.39, 0.29) is 26.1 Å². The van der Waals surface area contributed by atoms with Crippen molar-refractivity contribution in [3.05, 3.63) is 67.2 Å². The van der Waals surface area contributed by atoms with E-state index in [1.54, 1.807) is 24.3 Å². The maximum absolute atomic E-state index is 12.9. The molecule has 0 saturated heterocycles. The first-order chi connectivity index (χ1) is 12.2. The van der Waals surface area contributed by atoms with Gasteiger partial charge in [-0.2, -0.15) is 0 Å². The first-order valence-corrected chi connectivity index (χ1v) is 10.1. The second kappa shape index (κ2) is 6.62. The van der Waals surface area contributed by atoms with E-state index < -0.39 is 0 Å². The number of rotatable bonds is 3. The quantitative estimate of drug-likeness (QED) is 0.242. The Balaban J connectivity index is 1.92. The molecular formula is C17H9IN4O2Se. The second-order valence-electron chi connectivity index (χ2n) is 5.23. The van der Waals surface area contributed by atoms with Crippen LogP contribution in [0.3, 0.4) is 0 Å². The maximum atomic E-state index is 12.9. The molecule has 0 amide bonds. The third kappa shape index (κ3) is 2.97. The normalized spacial score (nSPS) is 10.9. The molecule has 0 aliphatic rings. The number of aldehydes is 1. The molecule has 0 saturated carbocycles. The summed E-state index contributed by atoms with van der Waals surface area (Å²) < 4.78 is 6.26. The number of hydrogen-bond acceptors (Lipinski definition) is 5. The van der Waals surface area contributed by atoms with Crippen LogP contribution in [0.4, 0.5) is 0 Å². The van der Waals surface area contributed by atoms with Crippen molar-refractivity contribution in [2.75, 3.05) is 0 Å². The van der Waals surface area contributed by atoms with Crippen LogP contribution in [0, 0.1) is 3.57 Å². The van der Waals surface area contributed by atoms with Crippen LogP contribution in [0.1, 0.15) is 10.6 Å². The molecule has 0 bridgehead atoms. The average Bonchev–Trinajstić information content (AvgIpc) is 3.17. The molecule has 6 nitrogen and oxygen atoms in total. The van der Waals surface area contributed by atoms with Crippen LogP contribution in [-0.2, 0) is 0 Å². The zero-order valence-corrected chi connectivity index (χ0v) is 16.5. The molecule has 0 unspecified atom stereocenters. The van der Waals surface area contributed by atoms with E-state index in [2.05, 4.69) is 36.8 Å². The molecule has 4 rings (SSSR count). The molecule has 2 heterocycles. The van der Waals surface area contributed by atoms with Crippen molar-refractivity contribution in [3.63, 3.8) is 0 Å². The second-order valence-corrected chi connectivity index (χ2v) is 7.75. The SMILES string of the molecule is O=Cc1nc2ccc(I)cc2c(=O)n1-c1ccc(-c2c[se]nn2)cc1. The van der Waals surface area contributed by atoms with Gasteiger partial charge in [-0.25, -0.2) is 0 Å². The summed E-state index contributed by atoms with van der Waals surface area (Å²) in [6.07, 6.45) is 0.600. The third-order valence-corrected chi connectivity index (χ3v) is 5.47. The molecule has 122 valence electrons. The number of benzene rings is 2. The Kier molecular flexibility index (Phi) is 4.32. The van der Waals surface area contributed by atoms with E-state index in [1.165, 1.54) is 4.57 Å². The number of nitrogens with zero attached hydrogens (tertiary/aromatic N) is 4. The van der Waals surface area contributed by atoms with Gasteiger partial charge in [0.05, 0.1) is 0 Å². The molecular weight excluding hydrogens is 498 g/mol. The summed E-state index contributed by atoms with van der Waals surface area (Å²) in [5, 5.41) is 4.57.